The van der Waals surface area contributed by atoms with Crippen molar-refractivity contribution in [3.63, 3.8) is 0 Å². The Morgan fingerprint density at radius 3 is 2.85 bits per heavy atom. The molecule has 0 unspecified atom stereocenters. The van der Waals surface area contributed by atoms with Gasteiger partial charge in [-0.25, -0.2) is 0 Å². The third-order valence-corrected chi connectivity index (χ3v) is 4.49. The molecule has 0 saturated heterocycles. The van der Waals surface area contributed by atoms with E-state index < -0.39 is 0 Å². The Labute approximate surface area is 129 Å². The summed E-state index contributed by atoms with van der Waals surface area (Å²) in [4.78, 5) is 17.6. The van der Waals surface area contributed by atoms with Crippen molar-refractivity contribution >= 4 is 34.7 Å². The molecule has 0 aliphatic heterocycles. The maximum Gasteiger partial charge on any atom is 0.260 e. The van der Waals surface area contributed by atoms with E-state index in [0.717, 1.165) is 16.3 Å². The van der Waals surface area contributed by atoms with E-state index in [1.165, 1.54) is 0 Å². The number of nitrogens with one attached hydrogen (secondary N) is 1. The molecule has 0 bridgehead atoms. The van der Waals surface area contributed by atoms with Crippen molar-refractivity contribution in [2.75, 3.05) is 18.9 Å². The molecule has 1 aromatic rings. The molecule has 0 aliphatic rings. The van der Waals surface area contributed by atoms with E-state index in [1.54, 1.807) is 11.3 Å². The Balaban J connectivity index is 2.16. The summed E-state index contributed by atoms with van der Waals surface area (Å²) in [6.07, 6.45) is 0. The first kappa shape index (κ1) is 17.0. The number of amides is 1. The first-order valence-electron chi connectivity index (χ1n) is 6.49. The molecule has 0 atom stereocenters. The molecule has 0 aliphatic carbocycles. The Bertz CT molecular complexity index is 437. The van der Waals surface area contributed by atoms with E-state index in [1.807, 2.05) is 36.2 Å². The van der Waals surface area contributed by atoms with Crippen molar-refractivity contribution in [3.8, 4) is 0 Å². The van der Waals surface area contributed by atoms with Gasteiger partial charge in [-0.3, -0.25) is 4.79 Å². The maximum atomic E-state index is 11.5. The molecular formula is C14H22N2O2S2. The Morgan fingerprint density at radius 2 is 2.25 bits per heavy atom. The predicted octanol–water partition coefficient (Wildman–Crippen LogP) is 3.14. The number of rotatable bonds is 7. The summed E-state index contributed by atoms with van der Waals surface area (Å²) in [7, 11) is 0. The zero-order valence-corrected chi connectivity index (χ0v) is 14.1. The Hall–Kier alpha value is -1.01. The molecule has 1 aromatic heterocycles. The van der Waals surface area contributed by atoms with E-state index in [9.17, 15) is 4.79 Å². The topological polar surface area (TPSA) is 50.7 Å². The van der Waals surface area contributed by atoms with Crippen molar-refractivity contribution in [2.45, 2.75) is 32.4 Å². The third kappa shape index (κ3) is 7.55. The molecule has 4 nitrogen and oxygen atoms in total. The highest BCUT2D eigenvalue weighted by atomic mass is 32.2. The first-order valence-corrected chi connectivity index (χ1v) is 8.36. The number of oxime groups is 1. The van der Waals surface area contributed by atoms with Crippen LogP contribution in [0.25, 0.3) is 0 Å². The SMILES string of the molecule is CC(=NOCC(=O)NCCSC(C)(C)C)c1cccs1. The van der Waals surface area contributed by atoms with E-state index in [2.05, 4.69) is 31.2 Å². The van der Waals surface area contributed by atoms with E-state index in [-0.39, 0.29) is 17.3 Å². The molecule has 0 fully saturated rings. The molecule has 1 N–H and O–H groups in total. The second kappa shape index (κ2) is 8.32. The smallest absolute Gasteiger partial charge is 0.260 e. The van der Waals surface area contributed by atoms with Crippen LogP contribution in [-0.2, 0) is 9.63 Å². The zero-order chi connectivity index (χ0) is 15.0. The zero-order valence-electron chi connectivity index (χ0n) is 12.4. The van der Waals surface area contributed by atoms with Gasteiger partial charge < -0.3 is 10.2 Å². The number of thioether (sulfide) groups is 1. The Kier molecular flexibility index (Phi) is 7.09. The van der Waals surface area contributed by atoms with Crippen LogP contribution in [0.3, 0.4) is 0 Å². The predicted molar refractivity (Wildman–Crippen MR) is 87.7 cm³/mol. The lowest BCUT2D eigenvalue weighted by Gasteiger charge is -2.17. The molecular weight excluding hydrogens is 292 g/mol. The van der Waals surface area contributed by atoms with Crippen LogP contribution in [0, 0.1) is 0 Å². The van der Waals surface area contributed by atoms with Crippen LogP contribution in [0.2, 0.25) is 0 Å². The standard InChI is InChI=1S/C14H22N2O2S2/c1-11(12-6-5-8-19-12)16-18-10-13(17)15-7-9-20-14(2,3)4/h5-6,8H,7,9-10H2,1-4H3,(H,15,17). The molecule has 1 amide bonds. The monoisotopic (exact) mass is 314 g/mol. The van der Waals surface area contributed by atoms with Gasteiger partial charge >= 0.3 is 0 Å². The summed E-state index contributed by atoms with van der Waals surface area (Å²) in [5.74, 6) is 0.759. The highest BCUT2D eigenvalue weighted by molar-refractivity contribution is 8.00. The van der Waals surface area contributed by atoms with Gasteiger partial charge in [-0.05, 0) is 18.4 Å². The number of hydrogen-bond donors (Lipinski definition) is 1. The number of carbonyl (C=O) groups is 1. The van der Waals surface area contributed by atoms with Crippen molar-refractivity contribution < 1.29 is 9.63 Å². The molecule has 20 heavy (non-hydrogen) atoms. The second-order valence-electron chi connectivity index (χ2n) is 5.24. The van der Waals surface area contributed by atoms with Crippen molar-refractivity contribution in [3.05, 3.63) is 22.4 Å². The molecule has 1 heterocycles. The van der Waals surface area contributed by atoms with E-state index in [4.69, 9.17) is 4.84 Å². The molecule has 0 radical (unpaired) electrons. The molecule has 112 valence electrons. The van der Waals surface area contributed by atoms with Crippen LogP contribution in [0.1, 0.15) is 32.6 Å². The largest absolute Gasteiger partial charge is 0.385 e. The second-order valence-corrected chi connectivity index (χ2v) is 8.11. The lowest BCUT2D eigenvalue weighted by molar-refractivity contribution is -0.125. The highest BCUT2D eigenvalue weighted by Gasteiger charge is 2.10. The summed E-state index contributed by atoms with van der Waals surface area (Å²) < 4.78 is 0.226. The number of hydrogen-bond acceptors (Lipinski definition) is 5. The van der Waals surface area contributed by atoms with E-state index in [0.29, 0.717) is 6.54 Å². The van der Waals surface area contributed by atoms with Gasteiger partial charge in [-0.1, -0.05) is 32.0 Å². The molecule has 0 saturated carbocycles. The third-order valence-electron chi connectivity index (χ3n) is 2.23. The minimum Gasteiger partial charge on any atom is -0.385 e. The fourth-order valence-electron chi connectivity index (χ4n) is 1.32. The van der Waals surface area contributed by atoms with Crippen LogP contribution >= 0.6 is 23.1 Å². The van der Waals surface area contributed by atoms with Gasteiger partial charge in [0.25, 0.3) is 5.91 Å². The summed E-state index contributed by atoms with van der Waals surface area (Å²) >= 11 is 3.42. The molecule has 1 rings (SSSR count). The van der Waals surface area contributed by atoms with Crippen LogP contribution in [0.4, 0.5) is 0 Å². The number of nitrogens with zero attached hydrogens (tertiary/aromatic N) is 1. The fraction of sp³-hybridized carbons (Fsp3) is 0.571. The van der Waals surface area contributed by atoms with Gasteiger partial charge in [0.15, 0.2) is 6.61 Å². The van der Waals surface area contributed by atoms with Gasteiger partial charge in [0.1, 0.15) is 0 Å². The summed E-state index contributed by atoms with van der Waals surface area (Å²) in [5, 5.41) is 8.73. The fourth-order valence-corrected chi connectivity index (χ4v) is 2.80. The summed E-state index contributed by atoms with van der Waals surface area (Å²) in [6.45, 7) is 8.95. The van der Waals surface area contributed by atoms with Crippen LogP contribution < -0.4 is 5.32 Å². The van der Waals surface area contributed by atoms with E-state index >= 15 is 0 Å². The van der Waals surface area contributed by atoms with Crippen molar-refractivity contribution in [1.29, 1.82) is 0 Å². The lowest BCUT2D eigenvalue weighted by atomic mass is 10.3. The van der Waals surface area contributed by atoms with Gasteiger partial charge in [0.2, 0.25) is 0 Å². The normalized spacial score (nSPS) is 12.3. The van der Waals surface area contributed by atoms with Crippen LogP contribution in [0.15, 0.2) is 22.7 Å². The highest BCUT2D eigenvalue weighted by Crippen LogP contribution is 2.21. The maximum absolute atomic E-state index is 11.5. The number of thiophene rings is 1. The lowest BCUT2D eigenvalue weighted by Crippen LogP contribution is -2.29. The molecule has 6 heteroatoms. The van der Waals surface area contributed by atoms with Gasteiger partial charge in [-0.2, -0.15) is 11.8 Å². The minimum atomic E-state index is -0.137. The minimum absolute atomic E-state index is 0.0388. The number of carbonyl (C=O) groups excluding carboxylic acids is 1. The summed E-state index contributed by atoms with van der Waals surface area (Å²) in [6, 6.07) is 3.93. The van der Waals surface area contributed by atoms with Crippen LogP contribution in [-0.4, -0.2) is 35.3 Å². The molecule has 0 spiro atoms. The van der Waals surface area contributed by atoms with Gasteiger partial charge in [-0.15, -0.1) is 11.3 Å². The average molecular weight is 314 g/mol. The van der Waals surface area contributed by atoms with Gasteiger partial charge in [0.05, 0.1) is 10.6 Å². The molecule has 0 aromatic carbocycles. The van der Waals surface area contributed by atoms with Crippen LogP contribution in [0.5, 0.6) is 0 Å². The van der Waals surface area contributed by atoms with Gasteiger partial charge in [0, 0.05) is 17.0 Å². The van der Waals surface area contributed by atoms with Crippen molar-refractivity contribution in [2.24, 2.45) is 5.16 Å². The summed E-state index contributed by atoms with van der Waals surface area (Å²) in [5.41, 5.74) is 0.788. The average Bonchev–Trinajstić information content (AvgIpc) is 2.87. The first-order chi connectivity index (χ1) is 9.38. The Morgan fingerprint density at radius 1 is 1.50 bits per heavy atom. The quantitative estimate of drug-likeness (QED) is 0.478. The van der Waals surface area contributed by atoms with Crippen molar-refractivity contribution in [1.82, 2.24) is 5.32 Å².